The summed E-state index contributed by atoms with van der Waals surface area (Å²) in [6.07, 6.45) is -3.85. The highest BCUT2D eigenvalue weighted by atomic mass is 79.9. The Bertz CT molecular complexity index is 422. The van der Waals surface area contributed by atoms with E-state index in [1.807, 2.05) is 0 Å². The second-order valence-electron chi connectivity index (χ2n) is 2.87. The molecule has 0 N–H and O–H groups in total. The van der Waals surface area contributed by atoms with Gasteiger partial charge in [0, 0.05) is 6.20 Å². The number of pyridine rings is 1. The molecule has 4 nitrogen and oxygen atoms in total. The zero-order chi connectivity index (χ0) is 13.1. The summed E-state index contributed by atoms with van der Waals surface area (Å²) in [6.45, 7) is -0.423. The van der Waals surface area contributed by atoms with Gasteiger partial charge in [-0.2, -0.15) is 13.2 Å². The first-order valence-electron chi connectivity index (χ1n) is 4.27. The van der Waals surface area contributed by atoms with Crippen molar-refractivity contribution in [1.29, 1.82) is 0 Å². The van der Waals surface area contributed by atoms with Crippen molar-refractivity contribution in [3.8, 4) is 5.88 Å². The Morgan fingerprint density at radius 3 is 2.65 bits per heavy atom. The van der Waals surface area contributed by atoms with Crippen LogP contribution in [0.2, 0.25) is 0 Å². The third-order valence-corrected chi connectivity index (χ3v) is 2.26. The number of carbonyl (C=O) groups excluding carboxylic acids is 1. The molecular formula is C9H7BrF3NO3. The second kappa shape index (κ2) is 5.35. The average molecular weight is 314 g/mol. The minimum Gasteiger partial charge on any atom is -0.466 e. The Hall–Kier alpha value is -1.31. The highest BCUT2D eigenvalue weighted by Gasteiger charge is 2.31. The van der Waals surface area contributed by atoms with E-state index in [1.165, 1.54) is 7.11 Å². The van der Waals surface area contributed by atoms with Gasteiger partial charge in [0.2, 0.25) is 5.88 Å². The summed E-state index contributed by atoms with van der Waals surface area (Å²) >= 11 is 2.87. The van der Waals surface area contributed by atoms with E-state index in [0.29, 0.717) is 6.20 Å². The topological polar surface area (TPSA) is 48.4 Å². The first-order valence-corrected chi connectivity index (χ1v) is 5.06. The number of rotatable bonds is 3. The number of alkyl halides is 3. The number of halogens is 4. The Morgan fingerprint density at radius 1 is 1.53 bits per heavy atom. The van der Waals surface area contributed by atoms with Crippen molar-refractivity contribution in [3.05, 3.63) is 22.3 Å². The number of hydrogen-bond donors (Lipinski definition) is 0. The molecule has 1 rings (SSSR count). The largest absolute Gasteiger partial charge is 0.466 e. The zero-order valence-corrected chi connectivity index (χ0v) is 10.1. The SMILES string of the molecule is COC(=O)COc1ncc(C(F)(F)F)cc1Br. The molecule has 0 radical (unpaired) electrons. The second-order valence-corrected chi connectivity index (χ2v) is 3.73. The number of methoxy groups -OCH3 is 1. The van der Waals surface area contributed by atoms with Gasteiger partial charge >= 0.3 is 12.1 Å². The van der Waals surface area contributed by atoms with E-state index in [0.717, 1.165) is 6.07 Å². The van der Waals surface area contributed by atoms with E-state index in [9.17, 15) is 18.0 Å². The van der Waals surface area contributed by atoms with Crippen LogP contribution in [-0.2, 0) is 15.7 Å². The summed E-state index contributed by atoms with van der Waals surface area (Å²) < 4.78 is 46.0. The number of ether oxygens (including phenoxy) is 2. The third kappa shape index (κ3) is 3.88. The average Bonchev–Trinajstić information content (AvgIpc) is 2.25. The molecule has 1 aromatic heterocycles. The van der Waals surface area contributed by atoms with Crippen LogP contribution >= 0.6 is 15.9 Å². The van der Waals surface area contributed by atoms with Crippen LogP contribution in [0.1, 0.15) is 5.56 Å². The van der Waals surface area contributed by atoms with Gasteiger partial charge in [0.15, 0.2) is 6.61 Å². The Labute approximate surface area is 103 Å². The number of hydrogen-bond acceptors (Lipinski definition) is 4. The van der Waals surface area contributed by atoms with Crippen LogP contribution in [-0.4, -0.2) is 24.7 Å². The molecule has 0 fully saturated rings. The molecular weight excluding hydrogens is 307 g/mol. The van der Waals surface area contributed by atoms with Crippen LogP contribution in [0.4, 0.5) is 13.2 Å². The predicted molar refractivity (Wildman–Crippen MR) is 54.5 cm³/mol. The fourth-order valence-corrected chi connectivity index (χ4v) is 1.34. The van der Waals surface area contributed by atoms with Crippen molar-refractivity contribution in [2.45, 2.75) is 6.18 Å². The molecule has 17 heavy (non-hydrogen) atoms. The highest BCUT2D eigenvalue weighted by Crippen LogP contribution is 2.33. The van der Waals surface area contributed by atoms with E-state index in [1.54, 1.807) is 0 Å². The lowest BCUT2D eigenvalue weighted by atomic mass is 10.3. The quantitative estimate of drug-likeness (QED) is 0.804. The van der Waals surface area contributed by atoms with Gasteiger partial charge in [-0.15, -0.1) is 0 Å². The van der Waals surface area contributed by atoms with E-state index in [2.05, 4.69) is 25.7 Å². The zero-order valence-electron chi connectivity index (χ0n) is 8.55. The van der Waals surface area contributed by atoms with Gasteiger partial charge in [0.1, 0.15) is 0 Å². The minimum absolute atomic E-state index is 0.0104. The molecule has 1 aromatic rings. The summed E-state index contributed by atoms with van der Waals surface area (Å²) in [5.41, 5.74) is -0.908. The van der Waals surface area contributed by atoms with Crippen LogP contribution < -0.4 is 4.74 Å². The highest BCUT2D eigenvalue weighted by molar-refractivity contribution is 9.10. The van der Waals surface area contributed by atoms with Gasteiger partial charge in [-0.05, 0) is 22.0 Å². The number of nitrogens with zero attached hydrogens (tertiary/aromatic N) is 1. The van der Waals surface area contributed by atoms with Gasteiger partial charge in [-0.1, -0.05) is 0 Å². The van der Waals surface area contributed by atoms with Gasteiger partial charge in [-0.3, -0.25) is 0 Å². The predicted octanol–water partition coefficient (Wildman–Crippen LogP) is 2.41. The van der Waals surface area contributed by atoms with Gasteiger partial charge in [0.25, 0.3) is 0 Å². The molecule has 0 saturated heterocycles. The molecule has 1 heterocycles. The van der Waals surface area contributed by atoms with Crippen molar-refractivity contribution in [2.24, 2.45) is 0 Å². The van der Waals surface area contributed by atoms with E-state index >= 15 is 0 Å². The molecule has 0 aliphatic carbocycles. The van der Waals surface area contributed by atoms with Crippen molar-refractivity contribution in [1.82, 2.24) is 4.98 Å². The Balaban J connectivity index is 2.80. The normalized spacial score (nSPS) is 11.1. The van der Waals surface area contributed by atoms with Gasteiger partial charge in [-0.25, -0.2) is 9.78 Å². The molecule has 0 spiro atoms. The molecule has 8 heteroatoms. The molecule has 94 valence electrons. The van der Waals surface area contributed by atoms with Crippen molar-refractivity contribution >= 4 is 21.9 Å². The van der Waals surface area contributed by atoms with Crippen molar-refractivity contribution in [3.63, 3.8) is 0 Å². The van der Waals surface area contributed by atoms with E-state index in [4.69, 9.17) is 4.74 Å². The molecule has 0 aliphatic rings. The Kier molecular flexibility index (Phi) is 4.33. The van der Waals surface area contributed by atoms with Gasteiger partial charge in [0.05, 0.1) is 17.1 Å². The monoisotopic (exact) mass is 313 g/mol. The number of aromatic nitrogens is 1. The standard InChI is InChI=1S/C9H7BrF3NO3/c1-16-7(15)4-17-8-6(10)2-5(3-14-8)9(11,12)13/h2-3H,4H2,1H3. The van der Waals surface area contributed by atoms with Crippen LogP contribution in [0.5, 0.6) is 5.88 Å². The third-order valence-electron chi connectivity index (χ3n) is 1.69. The molecule has 0 bridgehead atoms. The van der Waals surface area contributed by atoms with Crippen LogP contribution in [0.15, 0.2) is 16.7 Å². The lowest BCUT2D eigenvalue weighted by Gasteiger charge is -2.09. The molecule has 0 aromatic carbocycles. The molecule has 0 unspecified atom stereocenters. The summed E-state index contributed by atoms with van der Waals surface area (Å²) in [4.78, 5) is 14.2. The van der Waals surface area contributed by atoms with Gasteiger partial charge < -0.3 is 9.47 Å². The van der Waals surface area contributed by atoms with Crippen molar-refractivity contribution in [2.75, 3.05) is 13.7 Å². The fraction of sp³-hybridized carbons (Fsp3) is 0.333. The van der Waals surface area contributed by atoms with Crippen LogP contribution in [0.3, 0.4) is 0 Å². The maximum Gasteiger partial charge on any atom is 0.417 e. The lowest BCUT2D eigenvalue weighted by molar-refractivity contribution is -0.143. The maximum atomic E-state index is 12.3. The van der Waals surface area contributed by atoms with Crippen LogP contribution in [0, 0.1) is 0 Å². The maximum absolute atomic E-state index is 12.3. The Morgan fingerprint density at radius 2 is 2.18 bits per heavy atom. The summed E-state index contributed by atoms with van der Waals surface area (Å²) in [6, 6.07) is 0.819. The molecule has 0 saturated carbocycles. The first-order chi connectivity index (χ1) is 7.84. The molecule has 0 atom stereocenters. The first kappa shape index (κ1) is 13.8. The van der Waals surface area contributed by atoms with E-state index in [-0.39, 0.29) is 10.4 Å². The van der Waals surface area contributed by atoms with Crippen molar-refractivity contribution < 1.29 is 27.4 Å². The fourth-order valence-electron chi connectivity index (χ4n) is 0.873. The van der Waals surface area contributed by atoms with Crippen LogP contribution in [0.25, 0.3) is 0 Å². The summed E-state index contributed by atoms with van der Waals surface area (Å²) in [5, 5.41) is 0. The summed E-state index contributed by atoms with van der Waals surface area (Å²) in [7, 11) is 1.17. The molecule has 0 amide bonds. The molecule has 0 aliphatic heterocycles. The lowest BCUT2D eigenvalue weighted by Crippen LogP contribution is -2.14. The smallest absolute Gasteiger partial charge is 0.417 e. The summed E-state index contributed by atoms with van der Waals surface area (Å²) in [5.74, 6) is -0.762. The van der Waals surface area contributed by atoms with E-state index < -0.39 is 24.3 Å². The minimum atomic E-state index is -4.48. The number of esters is 1. The number of carbonyl (C=O) groups is 1.